The van der Waals surface area contributed by atoms with Crippen LogP contribution >= 0.6 is 0 Å². The minimum Gasteiger partial charge on any atom is -0.493 e. The van der Waals surface area contributed by atoms with Crippen molar-refractivity contribution in [2.24, 2.45) is 16.1 Å². The Hall–Kier alpha value is -2.95. The Morgan fingerprint density at radius 1 is 1.15 bits per heavy atom. The molecule has 0 aliphatic rings. The van der Waals surface area contributed by atoms with Crippen LogP contribution in [-0.4, -0.2) is 15.6 Å². The Morgan fingerprint density at radius 2 is 1.89 bits per heavy atom. The maximum absolute atomic E-state index is 12.1. The number of azo groups is 1. The summed E-state index contributed by atoms with van der Waals surface area (Å²) in [4.78, 5) is 12.1. The van der Waals surface area contributed by atoms with Gasteiger partial charge in [-0.2, -0.15) is 0 Å². The third-order valence-corrected chi connectivity index (χ3v) is 4.45. The molecule has 0 aliphatic heterocycles. The van der Waals surface area contributed by atoms with Crippen molar-refractivity contribution < 1.29 is 9.90 Å². The van der Waals surface area contributed by atoms with Gasteiger partial charge in [0.2, 0.25) is 5.88 Å². The zero-order valence-electron chi connectivity index (χ0n) is 16.0. The van der Waals surface area contributed by atoms with Gasteiger partial charge < -0.3 is 9.67 Å². The van der Waals surface area contributed by atoms with E-state index in [1.807, 2.05) is 60.0 Å². The molecule has 27 heavy (non-hydrogen) atoms. The van der Waals surface area contributed by atoms with Gasteiger partial charge in [-0.05, 0) is 37.0 Å². The molecule has 5 heteroatoms. The predicted octanol–water partition coefficient (Wildman–Crippen LogP) is 5.55. The second-order valence-electron chi connectivity index (χ2n) is 7.28. The molecular weight excluding hydrogens is 338 g/mol. The van der Waals surface area contributed by atoms with Crippen LogP contribution in [0.2, 0.25) is 0 Å². The number of carbonyl (C=O) groups excluding carboxylic acids is 1. The lowest BCUT2D eigenvalue weighted by atomic mass is 10.1. The van der Waals surface area contributed by atoms with E-state index in [2.05, 4.69) is 24.1 Å². The van der Waals surface area contributed by atoms with Crippen molar-refractivity contribution >= 4 is 22.5 Å². The molecule has 0 fully saturated rings. The lowest BCUT2D eigenvalue weighted by Crippen LogP contribution is -2.03. The number of hydrogen-bond donors (Lipinski definition) is 1. The monoisotopic (exact) mass is 363 g/mol. The zero-order valence-corrected chi connectivity index (χ0v) is 16.0. The first-order chi connectivity index (χ1) is 13.0. The molecule has 0 bridgehead atoms. The summed E-state index contributed by atoms with van der Waals surface area (Å²) >= 11 is 0. The summed E-state index contributed by atoms with van der Waals surface area (Å²) in [6.45, 7) is 6.84. The van der Waals surface area contributed by atoms with Gasteiger partial charge in [0.05, 0.1) is 5.52 Å². The molecule has 0 saturated carbocycles. The van der Waals surface area contributed by atoms with Crippen LogP contribution in [0.3, 0.4) is 0 Å². The van der Waals surface area contributed by atoms with Gasteiger partial charge in [-0.15, -0.1) is 10.2 Å². The van der Waals surface area contributed by atoms with Gasteiger partial charge in [-0.1, -0.05) is 55.8 Å². The highest BCUT2D eigenvalue weighted by Gasteiger charge is 2.17. The molecule has 2 aromatic carbocycles. The lowest BCUT2D eigenvalue weighted by molar-refractivity contribution is -0.118. The number of benzene rings is 2. The summed E-state index contributed by atoms with van der Waals surface area (Å²) in [5.74, 6) is 0.129. The van der Waals surface area contributed by atoms with E-state index in [1.54, 1.807) is 0 Å². The molecule has 3 aromatic rings. The number of aromatic nitrogens is 1. The van der Waals surface area contributed by atoms with E-state index in [0.717, 1.165) is 22.0 Å². The molecule has 0 spiro atoms. The Balaban J connectivity index is 1.85. The Kier molecular flexibility index (Phi) is 5.69. The predicted molar refractivity (Wildman–Crippen MR) is 107 cm³/mol. The molecule has 5 nitrogen and oxygen atoms in total. The first-order valence-electron chi connectivity index (χ1n) is 9.26. The minimum absolute atomic E-state index is 0.0592. The number of hydrogen-bond acceptors (Lipinski definition) is 3. The van der Waals surface area contributed by atoms with Crippen LogP contribution < -0.4 is 0 Å². The standard InChI is InChI=1S/C22H25N3O2/c1-15(2)14-25-19-11-9-16(3)13-18(19)21(22(25)27)24-23-20(26)12-10-17-7-5-4-6-8-17/h4-9,11,13,15,27H,10,12,14H2,1-3H3. The minimum atomic E-state index is -0.296. The number of rotatable bonds is 6. The van der Waals surface area contributed by atoms with Crippen molar-refractivity contribution in [3.8, 4) is 5.88 Å². The second kappa shape index (κ2) is 8.16. The van der Waals surface area contributed by atoms with E-state index in [4.69, 9.17) is 0 Å². The molecule has 1 N–H and O–H groups in total. The third kappa shape index (κ3) is 4.42. The molecule has 1 amide bonds. The van der Waals surface area contributed by atoms with Crippen molar-refractivity contribution in [3.63, 3.8) is 0 Å². The normalized spacial score (nSPS) is 11.7. The highest BCUT2D eigenvalue weighted by atomic mass is 16.3. The second-order valence-corrected chi connectivity index (χ2v) is 7.28. The van der Waals surface area contributed by atoms with Gasteiger partial charge in [0.1, 0.15) is 0 Å². The molecule has 140 valence electrons. The topological polar surface area (TPSA) is 66.9 Å². The van der Waals surface area contributed by atoms with E-state index in [0.29, 0.717) is 24.6 Å². The average molecular weight is 363 g/mol. The maximum Gasteiger partial charge on any atom is 0.265 e. The summed E-state index contributed by atoms with van der Waals surface area (Å²) in [7, 11) is 0. The lowest BCUT2D eigenvalue weighted by Gasteiger charge is -2.09. The Morgan fingerprint density at radius 3 is 2.59 bits per heavy atom. The largest absolute Gasteiger partial charge is 0.493 e. The fourth-order valence-corrected chi connectivity index (χ4v) is 3.14. The molecule has 0 radical (unpaired) electrons. The van der Waals surface area contributed by atoms with Gasteiger partial charge in [0.25, 0.3) is 5.91 Å². The number of amides is 1. The van der Waals surface area contributed by atoms with Crippen molar-refractivity contribution in [2.75, 3.05) is 0 Å². The molecule has 0 saturated heterocycles. The summed E-state index contributed by atoms with van der Waals surface area (Å²) in [6.07, 6.45) is 0.914. The quantitative estimate of drug-likeness (QED) is 0.583. The number of aryl methyl sites for hydroxylation is 2. The molecule has 1 aromatic heterocycles. The number of aromatic hydroxyl groups is 1. The zero-order chi connectivity index (χ0) is 19.4. The van der Waals surface area contributed by atoms with Crippen LogP contribution in [0.15, 0.2) is 58.8 Å². The van der Waals surface area contributed by atoms with Crippen molar-refractivity contribution in [1.29, 1.82) is 0 Å². The van der Waals surface area contributed by atoms with Gasteiger partial charge in [0.15, 0.2) is 5.69 Å². The molecule has 0 atom stereocenters. The fourth-order valence-electron chi connectivity index (χ4n) is 3.14. The van der Waals surface area contributed by atoms with E-state index >= 15 is 0 Å². The first-order valence-corrected chi connectivity index (χ1v) is 9.26. The van der Waals surface area contributed by atoms with Crippen molar-refractivity contribution in [1.82, 2.24) is 4.57 Å². The first kappa shape index (κ1) is 18.8. The van der Waals surface area contributed by atoms with Gasteiger partial charge in [-0.25, -0.2) is 0 Å². The molecule has 1 heterocycles. The summed E-state index contributed by atoms with van der Waals surface area (Å²) in [6, 6.07) is 15.8. The average Bonchev–Trinajstić information content (AvgIpc) is 2.89. The summed E-state index contributed by atoms with van der Waals surface area (Å²) < 4.78 is 1.84. The molecule has 0 unspecified atom stereocenters. The van der Waals surface area contributed by atoms with Crippen LogP contribution in [0, 0.1) is 12.8 Å². The van der Waals surface area contributed by atoms with Crippen LogP contribution in [-0.2, 0) is 17.8 Å². The van der Waals surface area contributed by atoms with Crippen molar-refractivity contribution in [2.45, 2.75) is 40.2 Å². The molecule has 0 aliphatic carbocycles. The Labute approximate surface area is 159 Å². The third-order valence-electron chi connectivity index (χ3n) is 4.45. The van der Waals surface area contributed by atoms with Gasteiger partial charge >= 0.3 is 0 Å². The van der Waals surface area contributed by atoms with Crippen LogP contribution in [0.4, 0.5) is 5.69 Å². The number of fused-ring (bicyclic) bond motifs is 1. The van der Waals surface area contributed by atoms with Gasteiger partial charge in [-0.3, -0.25) is 4.79 Å². The van der Waals surface area contributed by atoms with E-state index in [-0.39, 0.29) is 18.2 Å². The summed E-state index contributed by atoms with van der Waals surface area (Å²) in [5.41, 5.74) is 3.42. The summed E-state index contributed by atoms with van der Waals surface area (Å²) in [5, 5.41) is 19.5. The SMILES string of the molecule is Cc1ccc2c(c1)c(N=NC(=O)CCc1ccccc1)c(O)n2CC(C)C. The number of carbonyl (C=O) groups is 1. The van der Waals surface area contributed by atoms with Crippen molar-refractivity contribution in [3.05, 3.63) is 59.7 Å². The van der Waals surface area contributed by atoms with Crippen LogP contribution in [0.5, 0.6) is 5.88 Å². The molecular formula is C22H25N3O2. The van der Waals surface area contributed by atoms with E-state index in [9.17, 15) is 9.90 Å². The maximum atomic E-state index is 12.1. The van der Waals surface area contributed by atoms with E-state index < -0.39 is 0 Å². The van der Waals surface area contributed by atoms with E-state index in [1.165, 1.54) is 0 Å². The highest BCUT2D eigenvalue weighted by molar-refractivity contribution is 5.95. The fraction of sp³-hybridized carbons (Fsp3) is 0.318. The van der Waals surface area contributed by atoms with Gasteiger partial charge in [0, 0.05) is 18.4 Å². The number of nitrogens with zero attached hydrogens (tertiary/aromatic N) is 3. The highest BCUT2D eigenvalue weighted by Crippen LogP contribution is 2.39. The van der Waals surface area contributed by atoms with Crippen LogP contribution in [0.1, 0.15) is 31.4 Å². The van der Waals surface area contributed by atoms with Crippen LogP contribution in [0.25, 0.3) is 10.9 Å². The smallest absolute Gasteiger partial charge is 0.265 e. The Bertz CT molecular complexity index is 972. The molecule has 3 rings (SSSR count).